The third-order valence-corrected chi connectivity index (χ3v) is 5.73. The molecule has 2 heterocycles. The zero-order valence-electron chi connectivity index (χ0n) is 12.5. The van der Waals surface area contributed by atoms with Gasteiger partial charge < -0.3 is 15.0 Å². The molecule has 116 valence electrons. The summed E-state index contributed by atoms with van der Waals surface area (Å²) in [5.74, 6) is 1.41. The van der Waals surface area contributed by atoms with Gasteiger partial charge in [0.1, 0.15) is 11.4 Å². The maximum absolute atomic E-state index is 11.7. The van der Waals surface area contributed by atoms with E-state index in [1.54, 1.807) is 0 Å². The number of anilines is 2. The second-order valence-corrected chi connectivity index (χ2v) is 8.22. The predicted octanol–water partition coefficient (Wildman–Crippen LogP) is 1.89. The first kappa shape index (κ1) is 14.5. The van der Waals surface area contributed by atoms with Crippen LogP contribution in [0.25, 0.3) is 0 Å². The van der Waals surface area contributed by atoms with Gasteiger partial charge in [-0.1, -0.05) is 6.07 Å². The highest BCUT2D eigenvalue weighted by Crippen LogP contribution is 2.39. The molecule has 2 aliphatic rings. The molecule has 1 aromatic rings. The van der Waals surface area contributed by atoms with Gasteiger partial charge in [-0.25, -0.2) is 8.42 Å². The molecule has 6 heteroatoms. The van der Waals surface area contributed by atoms with Crippen molar-refractivity contribution < 1.29 is 13.2 Å². The lowest BCUT2D eigenvalue weighted by atomic mass is 10.1. The van der Waals surface area contributed by atoms with Crippen LogP contribution in [0.3, 0.4) is 0 Å². The highest BCUT2D eigenvalue weighted by molar-refractivity contribution is 7.91. The van der Waals surface area contributed by atoms with Crippen molar-refractivity contribution in [3.05, 3.63) is 18.2 Å². The van der Waals surface area contributed by atoms with Crippen molar-refractivity contribution >= 4 is 21.2 Å². The second-order valence-electron chi connectivity index (χ2n) is 5.99. The predicted molar refractivity (Wildman–Crippen MR) is 85.1 cm³/mol. The Morgan fingerprint density at radius 3 is 2.86 bits per heavy atom. The van der Waals surface area contributed by atoms with Crippen molar-refractivity contribution in [1.82, 2.24) is 0 Å². The SMILES string of the molecule is CC(C)Oc1cccc2c1NCCN2C1CCS(=O)(=O)C1. The Labute approximate surface area is 126 Å². The van der Waals surface area contributed by atoms with Crippen LogP contribution in [-0.2, 0) is 9.84 Å². The van der Waals surface area contributed by atoms with Crippen LogP contribution >= 0.6 is 0 Å². The Morgan fingerprint density at radius 2 is 2.19 bits per heavy atom. The van der Waals surface area contributed by atoms with Gasteiger partial charge in [-0.05, 0) is 32.4 Å². The summed E-state index contributed by atoms with van der Waals surface area (Å²) in [5, 5.41) is 3.39. The molecule has 1 fully saturated rings. The number of para-hydroxylation sites is 1. The number of hydrogen-bond donors (Lipinski definition) is 1. The van der Waals surface area contributed by atoms with E-state index in [1.165, 1.54) is 0 Å². The summed E-state index contributed by atoms with van der Waals surface area (Å²) in [6.45, 7) is 5.65. The summed E-state index contributed by atoms with van der Waals surface area (Å²) in [6, 6.07) is 6.06. The third-order valence-electron chi connectivity index (χ3n) is 3.98. The number of fused-ring (bicyclic) bond motifs is 1. The topological polar surface area (TPSA) is 58.6 Å². The van der Waals surface area contributed by atoms with Gasteiger partial charge in [0, 0.05) is 19.1 Å². The standard InChI is InChI=1S/C15H22N2O3S/c1-11(2)20-14-5-3-4-13-15(14)16-7-8-17(13)12-6-9-21(18,19)10-12/h3-5,11-12,16H,6-10H2,1-2H3. The van der Waals surface area contributed by atoms with Crippen LogP contribution in [-0.4, -0.2) is 45.2 Å². The van der Waals surface area contributed by atoms with E-state index in [-0.39, 0.29) is 17.9 Å². The summed E-state index contributed by atoms with van der Waals surface area (Å²) in [7, 11) is -2.87. The summed E-state index contributed by atoms with van der Waals surface area (Å²) in [4.78, 5) is 2.23. The first-order valence-corrected chi connectivity index (χ1v) is 9.29. The molecule has 0 aliphatic carbocycles. The van der Waals surface area contributed by atoms with E-state index in [0.29, 0.717) is 5.75 Å². The van der Waals surface area contributed by atoms with Crippen LogP contribution in [0.4, 0.5) is 11.4 Å². The molecule has 1 unspecified atom stereocenters. The molecule has 1 saturated heterocycles. The fourth-order valence-electron chi connectivity index (χ4n) is 3.11. The van der Waals surface area contributed by atoms with Crippen molar-refractivity contribution in [2.24, 2.45) is 0 Å². The molecule has 0 saturated carbocycles. The van der Waals surface area contributed by atoms with Crippen molar-refractivity contribution in [3.8, 4) is 5.75 Å². The van der Waals surface area contributed by atoms with Crippen LogP contribution in [0.1, 0.15) is 20.3 Å². The highest BCUT2D eigenvalue weighted by Gasteiger charge is 2.34. The largest absolute Gasteiger partial charge is 0.489 e. The van der Waals surface area contributed by atoms with E-state index in [4.69, 9.17) is 4.74 Å². The smallest absolute Gasteiger partial charge is 0.152 e. The molecule has 21 heavy (non-hydrogen) atoms. The Hall–Kier alpha value is -1.43. The van der Waals surface area contributed by atoms with Gasteiger partial charge in [0.15, 0.2) is 9.84 Å². The van der Waals surface area contributed by atoms with Crippen LogP contribution in [0.15, 0.2) is 18.2 Å². The lowest BCUT2D eigenvalue weighted by molar-refractivity contribution is 0.243. The molecule has 0 aromatic heterocycles. The molecule has 5 nitrogen and oxygen atoms in total. The fraction of sp³-hybridized carbons (Fsp3) is 0.600. The first-order valence-electron chi connectivity index (χ1n) is 7.47. The van der Waals surface area contributed by atoms with Gasteiger partial charge in [0.2, 0.25) is 0 Å². The molecule has 1 aromatic carbocycles. The van der Waals surface area contributed by atoms with Gasteiger partial charge in [-0.3, -0.25) is 0 Å². The minimum Gasteiger partial charge on any atom is -0.489 e. The molecule has 0 spiro atoms. The highest BCUT2D eigenvalue weighted by atomic mass is 32.2. The van der Waals surface area contributed by atoms with Crippen LogP contribution < -0.4 is 15.0 Å². The van der Waals surface area contributed by atoms with Crippen LogP contribution in [0.2, 0.25) is 0 Å². The molecule has 0 amide bonds. The first-order chi connectivity index (χ1) is 9.96. The number of rotatable bonds is 3. The molecule has 0 radical (unpaired) electrons. The van der Waals surface area contributed by atoms with Crippen LogP contribution in [0.5, 0.6) is 5.75 Å². The zero-order valence-corrected chi connectivity index (χ0v) is 13.3. The Kier molecular flexibility index (Phi) is 3.73. The maximum Gasteiger partial charge on any atom is 0.152 e. The lowest BCUT2D eigenvalue weighted by Crippen LogP contribution is -2.42. The van der Waals surface area contributed by atoms with Gasteiger partial charge in [0.05, 0.1) is 23.3 Å². The minimum atomic E-state index is -2.87. The van der Waals surface area contributed by atoms with Crippen molar-refractivity contribution in [1.29, 1.82) is 0 Å². The fourth-order valence-corrected chi connectivity index (χ4v) is 4.84. The minimum absolute atomic E-state index is 0.0881. The molecule has 1 N–H and O–H groups in total. The van der Waals surface area contributed by atoms with E-state index >= 15 is 0 Å². The van der Waals surface area contributed by atoms with E-state index in [1.807, 2.05) is 32.0 Å². The number of hydrogen-bond acceptors (Lipinski definition) is 5. The summed E-state index contributed by atoms with van der Waals surface area (Å²) in [6.07, 6.45) is 0.831. The maximum atomic E-state index is 11.7. The number of ether oxygens (including phenoxy) is 1. The second kappa shape index (κ2) is 5.40. The average Bonchev–Trinajstić information content (AvgIpc) is 2.78. The molecule has 1 atom stereocenters. The van der Waals surface area contributed by atoms with Crippen molar-refractivity contribution in [2.45, 2.75) is 32.4 Å². The van der Waals surface area contributed by atoms with E-state index in [2.05, 4.69) is 10.2 Å². The Morgan fingerprint density at radius 1 is 1.38 bits per heavy atom. The van der Waals surface area contributed by atoms with Crippen molar-refractivity contribution in [2.75, 3.05) is 34.8 Å². The van der Waals surface area contributed by atoms with Gasteiger partial charge in [-0.15, -0.1) is 0 Å². The molecular formula is C15H22N2O3S. The molecule has 3 rings (SSSR count). The molecule has 2 aliphatic heterocycles. The Bertz CT molecular complexity index is 628. The third kappa shape index (κ3) is 2.95. The number of benzene rings is 1. The van der Waals surface area contributed by atoms with Gasteiger partial charge >= 0.3 is 0 Å². The number of nitrogens with one attached hydrogen (secondary N) is 1. The Balaban J connectivity index is 1.92. The lowest BCUT2D eigenvalue weighted by Gasteiger charge is -2.37. The summed E-state index contributed by atoms with van der Waals surface area (Å²) in [5.41, 5.74) is 2.04. The monoisotopic (exact) mass is 310 g/mol. The van der Waals surface area contributed by atoms with Gasteiger partial charge in [0.25, 0.3) is 0 Å². The summed E-state index contributed by atoms with van der Waals surface area (Å²) < 4.78 is 29.3. The average molecular weight is 310 g/mol. The number of nitrogens with zero attached hydrogens (tertiary/aromatic N) is 1. The van der Waals surface area contributed by atoms with E-state index < -0.39 is 9.84 Å². The summed E-state index contributed by atoms with van der Waals surface area (Å²) >= 11 is 0. The number of sulfone groups is 1. The normalized spacial score (nSPS) is 23.8. The quantitative estimate of drug-likeness (QED) is 0.924. The zero-order chi connectivity index (χ0) is 15.0. The van der Waals surface area contributed by atoms with Crippen LogP contribution in [0, 0.1) is 0 Å². The van der Waals surface area contributed by atoms with Gasteiger partial charge in [-0.2, -0.15) is 0 Å². The molecule has 0 bridgehead atoms. The van der Waals surface area contributed by atoms with E-state index in [9.17, 15) is 8.42 Å². The molecular weight excluding hydrogens is 288 g/mol. The van der Waals surface area contributed by atoms with E-state index in [0.717, 1.165) is 36.6 Å². The van der Waals surface area contributed by atoms with Crippen molar-refractivity contribution in [3.63, 3.8) is 0 Å².